The van der Waals surface area contributed by atoms with Gasteiger partial charge in [0.25, 0.3) is 5.91 Å². The largest absolute Gasteiger partial charge is 0.483 e. The second-order valence-corrected chi connectivity index (χ2v) is 6.95. The van der Waals surface area contributed by atoms with Crippen LogP contribution in [0.4, 0.5) is 0 Å². The summed E-state index contributed by atoms with van der Waals surface area (Å²) >= 11 is 0. The van der Waals surface area contributed by atoms with Crippen molar-refractivity contribution in [3.05, 3.63) is 29.3 Å². The van der Waals surface area contributed by atoms with Crippen molar-refractivity contribution in [3.8, 4) is 5.75 Å². The summed E-state index contributed by atoms with van der Waals surface area (Å²) < 4.78 is 11.3. The molecule has 1 aromatic carbocycles. The SMILES string of the molecule is Cc1ccc(C)c(OCC(=O)N2CCC[C@@H]2[C@@H]2COCC[C@@H]2O)c1. The van der Waals surface area contributed by atoms with E-state index in [2.05, 4.69) is 0 Å². The molecule has 3 atom stereocenters. The number of aliphatic hydroxyl groups is 1. The van der Waals surface area contributed by atoms with Gasteiger partial charge in [-0.15, -0.1) is 0 Å². The van der Waals surface area contributed by atoms with E-state index in [0.29, 0.717) is 19.6 Å². The number of carbonyl (C=O) groups is 1. The van der Waals surface area contributed by atoms with Gasteiger partial charge in [-0.1, -0.05) is 12.1 Å². The molecule has 5 nitrogen and oxygen atoms in total. The van der Waals surface area contributed by atoms with Crippen LogP contribution in [-0.4, -0.2) is 54.4 Å². The first-order valence-corrected chi connectivity index (χ1v) is 8.81. The van der Waals surface area contributed by atoms with Gasteiger partial charge in [-0.25, -0.2) is 0 Å². The zero-order valence-electron chi connectivity index (χ0n) is 14.5. The summed E-state index contributed by atoms with van der Waals surface area (Å²) in [7, 11) is 0. The first kappa shape index (κ1) is 17.2. The Balaban J connectivity index is 1.62. The van der Waals surface area contributed by atoms with E-state index in [-0.39, 0.29) is 30.6 Å². The van der Waals surface area contributed by atoms with Gasteiger partial charge in [-0.2, -0.15) is 0 Å². The smallest absolute Gasteiger partial charge is 0.260 e. The Morgan fingerprint density at radius 1 is 1.38 bits per heavy atom. The van der Waals surface area contributed by atoms with E-state index in [9.17, 15) is 9.90 Å². The molecule has 1 N–H and O–H groups in total. The number of hydrogen-bond donors (Lipinski definition) is 1. The van der Waals surface area contributed by atoms with Crippen molar-refractivity contribution >= 4 is 5.91 Å². The molecule has 0 saturated carbocycles. The van der Waals surface area contributed by atoms with E-state index in [1.807, 2.05) is 36.9 Å². The summed E-state index contributed by atoms with van der Waals surface area (Å²) in [4.78, 5) is 14.5. The number of amides is 1. The standard InChI is InChI=1S/C19H27NO4/c1-13-5-6-14(2)18(10-13)24-12-19(22)20-8-3-4-16(20)15-11-23-9-7-17(15)21/h5-6,10,15-17,21H,3-4,7-9,11-12H2,1-2H3/t15-,16+,17-/m0/s1. The molecule has 2 aliphatic rings. The Bertz CT molecular complexity index is 589. The van der Waals surface area contributed by atoms with Crippen molar-refractivity contribution in [1.29, 1.82) is 0 Å². The van der Waals surface area contributed by atoms with Crippen molar-refractivity contribution in [2.45, 2.75) is 45.3 Å². The maximum absolute atomic E-state index is 12.7. The fourth-order valence-electron chi connectivity index (χ4n) is 3.75. The van der Waals surface area contributed by atoms with Gasteiger partial charge >= 0.3 is 0 Å². The van der Waals surface area contributed by atoms with Crippen LogP contribution in [0.1, 0.15) is 30.4 Å². The molecule has 1 amide bonds. The van der Waals surface area contributed by atoms with Crippen molar-refractivity contribution in [1.82, 2.24) is 4.90 Å². The second kappa shape index (κ2) is 7.53. The Morgan fingerprint density at radius 2 is 2.21 bits per heavy atom. The third-order valence-electron chi connectivity index (χ3n) is 5.17. The third-order valence-corrected chi connectivity index (χ3v) is 5.17. The number of ether oxygens (including phenoxy) is 2. The molecule has 2 saturated heterocycles. The minimum absolute atomic E-state index is 0.00354. The highest BCUT2D eigenvalue weighted by molar-refractivity contribution is 5.78. The zero-order valence-corrected chi connectivity index (χ0v) is 14.5. The average Bonchev–Trinajstić information content (AvgIpc) is 3.05. The Kier molecular flexibility index (Phi) is 5.41. The number of aryl methyl sites for hydroxylation is 2. The molecule has 0 radical (unpaired) electrons. The van der Waals surface area contributed by atoms with E-state index in [0.717, 1.165) is 36.3 Å². The van der Waals surface area contributed by atoms with Crippen LogP contribution in [0.3, 0.4) is 0 Å². The van der Waals surface area contributed by atoms with Crippen molar-refractivity contribution < 1.29 is 19.4 Å². The quantitative estimate of drug-likeness (QED) is 0.916. The normalized spacial score (nSPS) is 27.3. The van der Waals surface area contributed by atoms with E-state index < -0.39 is 0 Å². The van der Waals surface area contributed by atoms with Crippen LogP contribution in [-0.2, 0) is 9.53 Å². The number of nitrogens with zero attached hydrogens (tertiary/aromatic N) is 1. The van der Waals surface area contributed by atoms with Crippen LogP contribution in [0, 0.1) is 19.8 Å². The number of carbonyl (C=O) groups excluding carboxylic acids is 1. The highest BCUT2D eigenvalue weighted by Crippen LogP contribution is 2.30. The lowest BCUT2D eigenvalue weighted by molar-refractivity contribution is -0.138. The monoisotopic (exact) mass is 333 g/mol. The van der Waals surface area contributed by atoms with Crippen molar-refractivity contribution in [2.75, 3.05) is 26.4 Å². The molecular formula is C19H27NO4. The number of rotatable bonds is 4. The maximum Gasteiger partial charge on any atom is 0.260 e. The number of benzene rings is 1. The van der Waals surface area contributed by atoms with E-state index in [1.165, 1.54) is 0 Å². The second-order valence-electron chi connectivity index (χ2n) is 6.95. The van der Waals surface area contributed by atoms with Gasteiger partial charge in [0.1, 0.15) is 5.75 Å². The first-order valence-electron chi connectivity index (χ1n) is 8.81. The Labute approximate surface area is 143 Å². The molecule has 5 heteroatoms. The maximum atomic E-state index is 12.7. The number of likely N-dealkylation sites (tertiary alicyclic amines) is 1. The van der Waals surface area contributed by atoms with Crippen LogP contribution >= 0.6 is 0 Å². The lowest BCUT2D eigenvalue weighted by Gasteiger charge is -2.36. The minimum Gasteiger partial charge on any atom is -0.483 e. The highest BCUT2D eigenvalue weighted by atomic mass is 16.5. The molecule has 0 aliphatic carbocycles. The lowest BCUT2D eigenvalue weighted by atomic mass is 9.89. The fraction of sp³-hybridized carbons (Fsp3) is 0.632. The molecule has 3 rings (SSSR count). The summed E-state index contributed by atoms with van der Waals surface area (Å²) in [5, 5.41) is 10.3. The average molecular weight is 333 g/mol. The Morgan fingerprint density at radius 3 is 3.00 bits per heavy atom. The molecule has 132 valence electrons. The van der Waals surface area contributed by atoms with E-state index in [1.54, 1.807) is 0 Å². The molecule has 2 heterocycles. The van der Waals surface area contributed by atoms with Crippen LogP contribution < -0.4 is 4.74 Å². The fourth-order valence-corrected chi connectivity index (χ4v) is 3.75. The topological polar surface area (TPSA) is 59.0 Å². The van der Waals surface area contributed by atoms with Gasteiger partial charge in [0.05, 0.1) is 12.7 Å². The molecule has 2 aliphatic heterocycles. The third kappa shape index (κ3) is 3.73. The Hall–Kier alpha value is -1.59. The molecule has 0 spiro atoms. The molecular weight excluding hydrogens is 306 g/mol. The molecule has 0 unspecified atom stereocenters. The van der Waals surface area contributed by atoms with Crippen LogP contribution in [0.2, 0.25) is 0 Å². The minimum atomic E-state index is -0.378. The summed E-state index contributed by atoms with van der Waals surface area (Å²) in [6.07, 6.45) is 2.18. The van der Waals surface area contributed by atoms with Crippen molar-refractivity contribution in [3.63, 3.8) is 0 Å². The predicted octanol–water partition coefficient (Wildman–Crippen LogP) is 2.07. The number of hydrogen-bond acceptors (Lipinski definition) is 4. The van der Waals surface area contributed by atoms with E-state index in [4.69, 9.17) is 9.47 Å². The van der Waals surface area contributed by atoms with Gasteiger partial charge in [0, 0.05) is 25.1 Å². The van der Waals surface area contributed by atoms with Gasteiger partial charge in [-0.3, -0.25) is 4.79 Å². The van der Waals surface area contributed by atoms with Crippen LogP contribution in [0.5, 0.6) is 5.75 Å². The summed E-state index contributed by atoms with van der Waals surface area (Å²) in [6, 6.07) is 6.06. The number of aliphatic hydroxyl groups excluding tert-OH is 1. The molecule has 2 fully saturated rings. The van der Waals surface area contributed by atoms with Gasteiger partial charge < -0.3 is 19.5 Å². The predicted molar refractivity (Wildman–Crippen MR) is 91.1 cm³/mol. The molecule has 1 aromatic rings. The molecule has 0 aromatic heterocycles. The first-order chi connectivity index (χ1) is 11.6. The highest BCUT2D eigenvalue weighted by Gasteiger charge is 2.39. The van der Waals surface area contributed by atoms with Crippen molar-refractivity contribution in [2.24, 2.45) is 5.92 Å². The van der Waals surface area contributed by atoms with E-state index >= 15 is 0 Å². The van der Waals surface area contributed by atoms with Crippen LogP contribution in [0.25, 0.3) is 0 Å². The molecule has 0 bridgehead atoms. The molecule has 24 heavy (non-hydrogen) atoms. The summed E-state index contributed by atoms with van der Waals surface area (Å²) in [5.74, 6) is 0.780. The van der Waals surface area contributed by atoms with Gasteiger partial charge in [0.2, 0.25) is 0 Å². The zero-order chi connectivity index (χ0) is 17.1. The van der Waals surface area contributed by atoms with Gasteiger partial charge in [0.15, 0.2) is 6.61 Å². The van der Waals surface area contributed by atoms with Gasteiger partial charge in [-0.05, 0) is 50.3 Å². The summed E-state index contributed by atoms with van der Waals surface area (Å²) in [5.41, 5.74) is 2.15. The summed E-state index contributed by atoms with van der Waals surface area (Å²) in [6.45, 7) is 5.91. The van der Waals surface area contributed by atoms with Crippen LogP contribution in [0.15, 0.2) is 18.2 Å². The lowest BCUT2D eigenvalue weighted by Crippen LogP contribution is -2.49.